The van der Waals surface area contributed by atoms with Crippen LogP contribution in [0.1, 0.15) is 10.5 Å². The third-order valence-corrected chi connectivity index (χ3v) is 3.14. The quantitative estimate of drug-likeness (QED) is 0.823. The number of nitrogens with zero attached hydrogens (tertiary/aromatic N) is 5. The lowest BCUT2D eigenvalue weighted by atomic mass is 10.3. The molecule has 3 heterocycles. The van der Waals surface area contributed by atoms with E-state index in [2.05, 4.69) is 15.0 Å². The van der Waals surface area contributed by atoms with Crippen LogP contribution in [0.15, 0.2) is 29.1 Å². The minimum absolute atomic E-state index is 0.00433. The number of carbonyl (C=O) groups excluding carboxylic acids is 1. The van der Waals surface area contributed by atoms with Gasteiger partial charge in [0.25, 0.3) is 11.9 Å². The summed E-state index contributed by atoms with van der Waals surface area (Å²) in [6, 6.07) is 1.78. The monoisotopic (exact) mass is 274 g/mol. The van der Waals surface area contributed by atoms with Crippen LogP contribution in [-0.4, -0.2) is 51.9 Å². The summed E-state index contributed by atoms with van der Waals surface area (Å²) in [5.74, 6) is 0.518. The fourth-order valence-electron chi connectivity index (χ4n) is 2.11. The molecule has 2 aromatic rings. The van der Waals surface area contributed by atoms with E-state index in [1.54, 1.807) is 23.4 Å². The van der Waals surface area contributed by atoms with Crippen molar-refractivity contribution in [2.24, 2.45) is 0 Å². The third kappa shape index (κ3) is 2.40. The zero-order valence-corrected chi connectivity index (χ0v) is 10.8. The Hall–Kier alpha value is -2.64. The van der Waals surface area contributed by atoms with Crippen LogP contribution in [0.4, 0.5) is 12.0 Å². The van der Waals surface area contributed by atoms with Gasteiger partial charge in [0.15, 0.2) is 5.69 Å². The highest BCUT2D eigenvalue weighted by molar-refractivity contribution is 5.92. The van der Waals surface area contributed by atoms with Crippen molar-refractivity contribution in [2.45, 2.75) is 0 Å². The molecule has 1 aliphatic rings. The molecule has 1 fully saturated rings. The number of anilines is 2. The van der Waals surface area contributed by atoms with E-state index in [-0.39, 0.29) is 17.6 Å². The van der Waals surface area contributed by atoms with Gasteiger partial charge >= 0.3 is 0 Å². The SMILES string of the molecule is Nc1nc(C(=O)N2CCN(c3ncccn3)CC2)co1. The van der Waals surface area contributed by atoms with Crippen molar-refractivity contribution in [3.63, 3.8) is 0 Å². The second kappa shape index (κ2) is 5.16. The topological polar surface area (TPSA) is 101 Å². The summed E-state index contributed by atoms with van der Waals surface area (Å²) >= 11 is 0. The molecule has 0 radical (unpaired) electrons. The second-order valence-electron chi connectivity index (χ2n) is 4.40. The van der Waals surface area contributed by atoms with E-state index in [1.165, 1.54) is 6.26 Å². The maximum absolute atomic E-state index is 12.2. The minimum atomic E-state index is -0.168. The van der Waals surface area contributed by atoms with Crippen molar-refractivity contribution in [3.05, 3.63) is 30.4 Å². The molecular weight excluding hydrogens is 260 g/mol. The fourth-order valence-corrected chi connectivity index (χ4v) is 2.11. The summed E-state index contributed by atoms with van der Waals surface area (Å²) in [7, 11) is 0. The van der Waals surface area contributed by atoms with E-state index in [9.17, 15) is 4.79 Å². The molecule has 1 aliphatic heterocycles. The van der Waals surface area contributed by atoms with Gasteiger partial charge in [0.1, 0.15) is 6.26 Å². The van der Waals surface area contributed by atoms with Gasteiger partial charge in [-0.3, -0.25) is 4.79 Å². The average Bonchev–Trinajstić information content (AvgIpc) is 2.94. The van der Waals surface area contributed by atoms with Gasteiger partial charge in [0.05, 0.1) is 0 Å². The molecule has 0 aliphatic carbocycles. The van der Waals surface area contributed by atoms with E-state index in [1.807, 2.05) is 4.90 Å². The Kier molecular flexibility index (Phi) is 3.20. The largest absolute Gasteiger partial charge is 0.431 e. The first-order chi connectivity index (χ1) is 9.74. The Balaban J connectivity index is 1.63. The summed E-state index contributed by atoms with van der Waals surface area (Å²) in [6.45, 7) is 2.54. The van der Waals surface area contributed by atoms with Crippen LogP contribution in [0.2, 0.25) is 0 Å². The van der Waals surface area contributed by atoms with Gasteiger partial charge in [0.2, 0.25) is 5.95 Å². The summed E-state index contributed by atoms with van der Waals surface area (Å²) in [5.41, 5.74) is 5.61. The number of carbonyl (C=O) groups is 1. The van der Waals surface area contributed by atoms with Crippen LogP contribution in [-0.2, 0) is 0 Å². The van der Waals surface area contributed by atoms with E-state index < -0.39 is 0 Å². The number of piperazine rings is 1. The number of nitrogen functional groups attached to an aromatic ring is 1. The Morgan fingerprint density at radius 3 is 2.50 bits per heavy atom. The van der Waals surface area contributed by atoms with Crippen molar-refractivity contribution in [1.82, 2.24) is 19.9 Å². The van der Waals surface area contributed by atoms with E-state index in [4.69, 9.17) is 10.2 Å². The number of hydrogen-bond acceptors (Lipinski definition) is 7. The smallest absolute Gasteiger partial charge is 0.292 e. The van der Waals surface area contributed by atoms with Gasteiger partial charge in [-0.25, -0.2) is 9.97 Å². The zero-order chi connectivity index (χ0) is 13.9. The number of hydrogen-bond donors (Lipinski definition) is 1. The van der Waals surface area contributed by atoms with Crippen LogP contribution in [0.5, 0.6) is 0 Å². The van der Waals surface area contributed by atoms with E-state index in [0.717, 1.165) is 0 Å². The molecule has 0 saturated carbocycles. The maximum Gasteiger partial charge on any atom is 0.292 e. The van der Waals surface area contributed by atoms with Crippen molar-refractivity contribution in [3.8, 4) is 0 Å². The van der Waals surface area contributed by atoms with Crippen molar-refractivity contribution < 1.29 is 9.21 Å². The van der Waals surface area contributed by atoms with Crippen LogP contribution in [0, 0.1) is 0 Å². The molecule has 20 heavy (non-hydrogen) atoms. The van der Waals surface area contributed by atoms with Gasteiger partial charge in [0, 0.05) is 38.6 Å². The molecule has 8 heteroatoms. The Bertz CT molecular complexity index is 591. The highest BCUT2D eigenvalue weighted by atomic mass is 16.4. The van der Waals surface area contributed by atoms with Crippen LogP contribution in [0.25, 0.3) is 0 Å². The lowest BCUT2D eigenvalue weighted by Gasteiger charge is -2.34. The Morgan fingerprint density at radius 1 is 1.20 bits per heavy atom. The molecule has 1 saturated heterocycles. The van der Waals surface area contributed by atoms with Gasteiger partial charge in [-0.05, 0) is 6.07 Å². The second-order valence-corrected chi connectivity index (χ2v) is 4.40. The highest BCUT2D eigenvalue weighted by Crippen LogP contribution is 2.13. The molecule has 2 N–H and O–H groups in total. The molecule has 0 unspecified atom stereocenters. The Morgan fingerprint density at radius 2 is 1.90 bits per heavy atom. The van der Waals surface area contributed by atoms with Crippen molar-refractivity contribution in [2.75, 3.05) is 36.8 Å². The summed E-state index contributed by atoms with van der Waals surface area (Å²) in [4.78, 5) is 28.2. The van der Waals surface area contributed by atoms with Gasteiger partial charge in [-0.15, -0.1) is 0 Å². The van der Waals surface area contributed by atoms with Crippen LogP contribution in [0.3, 0.4) is 0 Å². The number of rotatable bonds is 2. The molecule has 2 aromatic heterocycles. The molecular formula is C12H14N6O2. The predicted octanol–water partition coefficient (Wildman–Crippen LogP) is 0.00920. The first kappa shape index (κ1) is 12.4. The van der Waals surface area contributed by atoms with Gasteiger partial charge < -0.3 is 20.0 Å². The lowest BCUT2D eigenvalue weighted by molar-refractivity contribution is 0.0740. The van der Waals surface area contributed by atoms with Crippen molar-refractivity contribution in [1.29, 1.82) is 0 Å². The molecule has 104 valence electrons. The molecule has 0 atom stereocenters. The molecule has 0 aromatic carbocycles. The molecule has 0 spiro atoms. The number of oxazole rings is 1. The van der Waals surface area contributed by atoms with Crippen LogP contribution < -0.4 is 10.6 Å². The standard InChI is InChI=1S/C12H14N6O2/c13-11-16-9(8-20-11)10(19)17-4-6-18(7-5-17)12-14-2-1-3-15-12/h1-3,8H,4-7H2,(H2,13,16). The first-order valence-corrected chi connectivity index (χ1v) is 6.26. The molecule has 0 bridgehead atoms. The van der Waals surface area contributed by atoms with Gasteiger partial charge in [-0.2, -0.15) is 4.98 Å². The highest BCUT2D eigenvalue weighted by Gasteiger charge is 2.25. The van der Waals surface area contributed by atoms with Crippen LogP contribution >= 0.6 is 0 Å². The molecule has 8 nitrogen and oxygen atoms in total. The normalized spacial score (nSPS) is 15.4. The summed E-state index contributed by atoms with van der Waals surface area (Å²) in [5, 5.41) is 0. The van der Waals surface area contributed by atoms with Crippen molar-refractivity contribution >= 4 is 17.9 Å². The number of aromatic nitrogens is 3. The Labute approximate surface area is 115 Å². The average molecular weight is 274 g/mol. The summed E-state index contributed by atoms with van der Waals surface area (Å²) in [6.07, 6.45) is 4.69. The lowest BCUT2D eigenvalue weighted by Crippen LogP contribution is -2.49. The van der Waals surface area contributed by atoms with Gasteiger partial charge in [-0.1, -0.05) is 0 Å². The fraction of sp³-hybridized carbons (Fsp3) is 0.333. The number of nitrogens with two attached hydrogens (primary N) is 1. The molecule has 1 amide bonds. The number of amides is 1. The molecule has 3 rings (SSSR count). The maximum atomic E-state index is 12.2. The zero-order valence-electron chi connectivity index (χ0n) is 10.8. The van der Waals surface area contributed by atoms with E-state index >= 15 is 0 Å². The minimum Gasteiger partial charge on any atom is -0.431 e. The first-order valence-electron chi connectivity index (χ1n) is 6.26. The predicted molar refractivity (Wildman–Crippen MR) is 71.1 cm³/mol. The summed E-state index contributed by atoms with van der Waals surface area (Å²) < 4.78 is 4.86. The van der Waals surface area contributed by atoms with E-state index in [0.29, 0.717) is 32.1 Å². The third-order valence-electron chi connectivity index (χ3n) is 3.14.